The summed E-state index contributed by atoms with van der Waals surface area (Å²) < 4.78 is 0. The SMILES string of the molecule is CC(=O)Nc1ccc(SC(c2sccc2C)C(C)N)cc1. The Morgan fingerprint density at radius 1 is 1.29 bits per heavy atom. The van der Waals surface area contributed by atoms with E-state index in [9.17, 15) is 4.79 Å². The first kappa shape index (κ1) is 16.1. The van der Waals surface area contributed by atoms with Crippen LogP contribution in [0, 0.1) is 6.92 Å². The van der Waals surface area contributed by atoms with Crippen LogP contribution in [0.15, 0.2) is 40.6 Å². The fourth-order valence-corrected chi connectivity index (χ4v) is 4.47. The molecule has 3 nitrogen and oxygen atoms in total. The van der Waals surface area contributed by atoms with Crippen LogP contribution < -0.4 is 11.1 Å². The van der Waals surface area contributed by atoms with Crippen LogP contribution in [0.2, 0.25) is 0 Å². The molecule has 0 fully saturated rings. The molecule has 3 N–H and O–H groups in total. The van der Waals surface area contributed by atoms with Crippen molar-refractivity contribution in [1.29, 1.82) is 0 Å². The van der Waals surface area contributed by atoms with Crippen LogP contribution in [0.25, 0.3) is 0 Å². The number of carbonyl (C=O) groups excluding carboxylic acids is 1. The molecule has 1 aromatic carbocycles. The molecule has 0 spiro atoms. The molecule has 1 heterocycles. The molecule has 0 aliphatic heterocycles. The smallest absolute Gasteiger partial charge is 0.221 e. The quantitative estimate of drug-likeness (QED) is 0.812. The van der Waals surface area contributed by atoms with Crippen LogP contribution >= 0.6 is 23.1 Å². The first-order valence-corrected chi connectivity index (χ1v) is 8.57. The number of anilines is 1. The minimum atomic E-state index is -0.0573. The molecule has 21 heavy (non-hydrogen) atoms. The second-order valence-electron chi connectivity index (χ2n) is 5.07. The summed E-state index contributed by atoms with van der Waals surface area (Å²) in [7, 11) is 0. The lowest BCUT2D eigenvalue weighted by atomic mass is 10.1. The number of rotatable bonds is 5. The van der Waals surface area contributed by atoms with Gasteiger partial charge < -0.3 is 11.1 Å². The fraction of sp³-hybridized carbons (Fsp3) is 0.312. The summed E-state index contributed by atoms with van der Waals surface area (Å²) in [6.45, 7) is 5.68. The van der Waals surface area contributed by atoms with Crippen LogP contribution in [0.1, 0.15) is 29.5 Å². The summed E-state index contributed by atoms with van der Waals surface area (Å²) in [6, 6.07) is 10.1. The number of benzene rings is 1. The van der Waals surface area contributed by atoms with Crippen molar-refractivity contribution in [2.45, 2.75) is 37.0 Å². The lowest BCUT2D eigenvalue weighted by molar-refractivity contribution is -0.114. The molecule has 5 heteroatoms. The second kappa shape index (κ2) is 7.11. The van der Waals surface area contributed by atoms with Gasteiger partial charge in [0.05, 0.1) is 5.25 Å². The number of thiophene rings is 1. The van der Waals surface area contributed by atoms with Gasteiger partial charge in [0.2, 0.25) is 5.91 Å². The molecule has 1 amide bonds. The number of carbonyl (C=O) groups is 1. The largest absolute Gasteiger partial charge is 0.327 e. The van der Waals surface area contributed by atoms with Gasteiger partial charge in [-0.1, -0.05) is 0 Å². The highest BCUT2D eigenvalue weighted by atomic mass is 32.2. The number of nitrogens with two attached hydrogens (primary N) is 1. The van der Waals surface area contributed by atoms with Crippen LogP contribution in [0.4, 0.5) is 5.69 Å². The summed E-state index contributed by atoms with van der Waals surface area (Å²) >= 11 is 3.53. The maximum absolute atomic E-state index is 11.0. The predicted octanol–water partition coefficient (Wildman–Crippen LogP) is 4.20. The summed E-state index contributed by atoms with van der Waals surface area (Å²) in [6.07, 6.45) is 0. The molecular formula is C16H20N2OS2. The van der Waals surface area contributed by atoms with E-state index in [4.69, 9.17) is 5.73 Å². The molecule has 0 radical (unpaired) electrons. The molecule has 2 unspecified atom stereocenters. The van der Waals surface area contributed by atoms with Crippen molar-refractivity contribution in [2.24, 2.45) is 5.73 Å². The van der Waals surface area contributed by atoms with Gasteiger partial charge in [0.1, 0.15) is 0 Å². The van der Waals surface area contributed by atoms with Crippen molar-refractivity contribution in [3.05, 3.63) is 46.2 Å². The van der Waals surface area contributed by atoms with E-state index in [0.29, 0.717) is 0 Å². The molecule has 2 rings (SSSR count). The molecule has 0 bridgehead atoms. The lowest BCUT2D eigenvalue weighted by Crippen LogP contribution is -2.22. The van der Waals surface area contributed by atoms with Crippen molar-refractivity contribution in [2.75, 3.05) is 5.32 Å². The van der Waals surface area contributed by atoms with Crippen molar-refractivity contribution in [3.63, 3.8) is 0 Å². The van der Waals surface area contributed by atoms with Crippen LogP contribution in [0.5, 0.6) is 0 Å². The third-order valence-electron chi connectivity index (χ3n) is 3.08. The number of nitrogens with one attached hydrogen (secondary N) is 1. The summed E-state index contributed by atoms with van der Waals surface area (Å²) in [5, 5.41) is 5.13. The van der Waals surface area contributed by atoms with Gasteiger partial charge >= 0.3 is 0 Å². The highest BCUT2D eigenvalue weighted by molar-refractivity contribution is 7.99. The highest BCUT2D eigenvalue weighted by Crippen LogP contribution is 2.41. The normalized spacial score (nSPS) is 13.7. The van der Waals surface area contributed by atoms with Crippen molar-refractivity contribution < 1.29 is 4.79 Å². The first-order valence-electron chi connectivity index (χ1n) is 6.81. The third-order valence-corrected chi connectivity index (χ3v) is 5.79. The Bertz CT molecular complexity index is 605. The average Bonchev–Trinajstić information content (AvgIpc) is 2.83. The lowest BCUT2D eigenvalue weighted by Gasteiger charge is -2.20. The Morgan fingerprint density at radius 3 is 2.43 bits per heavy atom. The van der Waals surface area contributed by atoms with E-state index in [0.717, 1.165) is 10.6 Å². The predicted molar refractivity (Wildman–Crippen MR) is 92.0 cm³/mol. The summed E-state index contributed by atoms with van der Waals surface area (Å²) in [5.74, 6) is -0.0573. The molecule has 112 valence electrons. The van der Waals surface area contributed by atoms with E-state index in [-0.39, 0.29) is 17.2 Å². The van der Waals surface area contributed by atoms with E-state index < -0.39 is 0 Å². The Hall–Kier alpha value is -1.30. The van der Waals surface area contributed by atoms with Gasteiger partial charge in [-0.05, 0) is 55.1 Å². The second-order valence-corrected chi connectivity index (χ2v) is 7.23. The van der Waals surface area contributed by atoms with E-state index in [2.05, 4.69) is 23.7 Å². The minimum Gasteiger partial charge on any atom is -0.327 e. The van der Waals surface area contributed by atoms with Gasteiger partial charge in [-0.3, -0.25) is 4.79 Å². The fourth-order valence-electron chi connectivity index (χ4n) is 2.04. The van der Waals surface area contributed by atoms with Gasteiger partial charge in [0.25, 0.3) is 0 Å². The molecular weight excluding hydrogens is 300 g/mol. The Balaban J connectivity index is 2.14. The number of amides is 1. The van der Waals surface area contributed by atoms with Crippen molar-refractivity contribution in [3.8, 4) is 0 Å². The van der Waals surface area contributed by atoms with E-state index in [1.165, 1.54) is 17.4 Å². The number of aryl methyl sites for hydroxylation is 1. The molecule has 0 aliphatic carbocycles. The molecule has 2 atom stereocenters. The molecule has 0 saturated carbocycles. The van der Waals surface area contributed by atoms with E-state index in [1.54, 1.807) is 23.1 Å². The molecule has 2 aromatic rings. The zero-order chi connectivity index (χ0) is 15.4. The Morgan fingerprint density at radius 2 is 1.95 bits per heavy atom. The third kappa shape index (κ3) is 4.33. The van der Waals surface area contributed by atoms with Crippen LogP contribution in [-0.4, -0.2) is 11.9 Å². The monoisotopic (exact) mass is 320 g/mol. The first-order chi connectivity index (χ1) is 9.97. The van der Waals surface area contributed by atoms with E-state index >= 15 is 0 Å². The highest BCUT2D eigenvalue weighted by Gasteiger charge is 2.20. The Kier molecular flexibility index (Phi) is 5.45. The van der Waals surface area contributed by atoms with E-state index in [1.807, 2.05) is 31.2 Å². The topological polar surface area (TPSA) is 55.1 Å². The van der Waals surface area contributed by atoms with Gasteiger partial charge in [-0.2, -0.15) is 0 Å². The van der Waals surface area contributed by atoms with Gasteiger partial charge in [0.15, 0.2) is 0 Å². The van der Waals surface area contributed by atoms with Gasteiger partial charge in [0, 0.05) is 28.4 Å². The summed E-state index contributed by atoms with van der Waals surface area (Å²) in [5.41, 5.74) is 8.28. The molecule has 0 saturated heterocycles. The summed E-state index contributed by atoms with van der Waals surface area (Å²) in [4.78, 5) is 13.5. The zero-order valence-corrected chi connectivity index (χ0v) is 14.1. The Labute approximate surface area is 133 Å². The number of thioether (sulfide) groups is 1. The maximum atomic E-state index is 11.0. The number of hydrogen-bond acceptors (Lipinski definition) is 4. The van der Waals surface area contributed by atoms with Gasteiger partial charge in [-0.15, -0.1) is 23.1 Å². The average molecular weight is 320 g/mol. The maximum Gasteiger partial charge on any atom is 0.221 e. The standard InChI is InChI=1S/C16H20N2OS2/c1-10-8-9-20-15(10)16(11(2)17)21-14-6-4-13(5-7-14)18-12(3)19/h4-9,11,16H,17H2,1-3H3,(H,18,19). The van der Waals surface area contributed by atoms with Crippen molar-refractivity contribution >= 4 is 34.7 Å². The zero-order valence-electron chi connectivity index (χ0n) is 12.4. The molecule has 0 aliphatic rings. The molecule has 1 aromatic heterocycles. The van der Waals surface area contributed by atoms with Crippen molar-refractivity contribution in [1.82, 2.24) is 0 Å². The van der Waals surface area contributed by atoms with Gasteiger partial charge in [-0.25, -0.2) is 0 Å². The van der Waals surface area contributed by atoms with Crippen LogP contribution in [0.3, 0.4) is 0 Å². The van der Waals surface area contributed by atoms with Crippen LogP contribution in [-0.2, 0) is 4.79 Å². The minimum absolute atomic E-state index is 0.0573. The number of hydrogen-bond donors (Lipinski definition) is 2.